The van der Waals surface area contributed by atoms with Crippen LogP contribution in [0.25, 0.3) is 23.5 Å². The van der Waals surface area contributed by atoms with Crippen molar-refractivity contribution in [3.05, 3.63) is 77.5 Å². The third-order valence-electron chi connectivity index (χ3n) is 3.46. The van der Waals surface area contributed by atoms with Gasteiger partial charge in [0.15, 0.2) is 7.05 Å². The van der Waals surface area contributed by atoms with E-state index in [0.29, 0.717) is 0 Å². The summed E-state index contributed by atoms with van der Waals surface area (Å²) in [6.07, 6.45) is 4.15. The van der Waals surface area contributed by atoms with Crippen molar-refractivity contribution in [2.45, 2.75) is 6.92 Å². The largest absolute Gasteiger partial charge is 0.255 e. The number of nitrogens with zero attached hydrogens (tertiary/aromatic N) is 1. The van der Waals surface area contributed by atoms with E-state index in [4.69, 9.17) is 4.52 Å². The second kappa shape index (κ2) is 5.80. The SMILES string of the molecule is Cc1ccc(-c2cc(/C=C/c3ccccc3)[n+](C)o2)cc1. The molecule has 1 aromatic heterocycles. The van der Waals surface area contributed by atoms with E-state index >= 15 is 0 Å². The summed E-state index contributed by atoms with van der Waals surface area (Å²) in [6, 6.07) is 20.7. The van der Waals surface area contributed by atoms with Crippen molar-refractivity contribution in [2.75, 3.05) is 0 Å². The van der Waals surface area contributed by atoms with E-state index < -0.39 is 0 Å². The number of aromatic nitrogens is 1. The lowest BCUT2D eigenvalue weighted by atomic mass is 10.1. The van der Waals surface area contributed by atoms with Crippen LogP contribution in [0.3, 0.4) is 0 Å². The zero-order chi connectivity index (χ0) is 14.7. The summed E-state index contributed by atoms with van der Waals surface area (Å²) in [5.74, 6) is 0.880. The molecule has 3 aromatic rings. The standard InChI is InChI=1S/C19H18NO/c1-15-8-11-17(12-9-15)19-14-18(20(2)21-19)13-10-16-6-4-3-5-7-16/h3-14H,1-2H3/q+1/b13-10+. The molecule has 0 aliphatic rings. The molecule has 0 amide bonds. The van der Waals surface area contributed by atoms with Crippen molar-refractivity contribution >= 4 is 12.2 Å². The van der Waals surface area contributed by atoms with Crippen molar-refractivity contribution in [2.24, 2.45) is 7.05 Å². The Morgan fingerprint density at radius 1 is 0.905 bits per heavy atom. The maximum atomic E-state index is 5.79. The van der Waals surface area contributed by atoms with Crippen molar-refractivity contribution in [1.82, 2.24) is 0 Å². The molecular formula is C19H18NO+. The summed E-state index contributed by atoms with van der Waals surface area (Å²) in [5, 5.41) is 0. The van der Waals surface area contributed by atoms with Gasteiger partial charge < -0.3 is 0 Å². The van der Waals surface area contributed by atoms with E-state index in [1.807, 2.05) is 25.2 Å². The van der Waals surface area contributed by atoms with Crippen LogP contribution in [-0.4, -0.2) is 0 Å². The average Bonchev–Trinajstić information content (AvgIpc) is 2.88. The van der Waals surface area contributed by atoms with Gasteiger partial charge in [-0.2, -0.15) is 0 Å². The molecule has 0 fully saturated rings. The maximum Gasteiger partial charge on any atom is 0.255 e. The monoisotopic (exact) mass is 276 g/mol. The number of hydrogen-bond acceptors (Lipinski definition) is 1. The minimum absolute atomic E-state index is 0.880. The van der Waals surface area contributed by atoms with Crippen LogP contribution in [0, 0.1) is 6.92 Å². The third-order valence-corrected chi connectivity index (χ3v) is 3.46. The van der Waals surface area contributed by atoms with Gasteiger partial charge in [-0.05, 0) is 23.3 Å². The minimum atomic E-state index is 0.880. The normalized spacial score (nSPS) is 11.1. The van der Waals surface area contributed by atoms with E-state index in [0.717, 1.165) is 17.0 Å². The first kappa shape index (κ1) is 13.4. The smallest absolute Gasteiger partial charge is 0.236 e. The lowest BCUT2D eigenvalue weighted by molar-refractivity contribution is -0.844. The highest BCUT2D eigenvalue weighted by molar-refractivity contribution is 5.69. The lowest BCUT2D eigenvalue weighted by Gasteiger charge is -1.93. The third kappa shape index (κ3) is 3.11. The van der Waals surface area contributed by atoms with E-state index in [1.54, 1.807) is 4.74 Å². The Labute approximate surface area is 124 Å². The van der Waals surface area contributed by atoms with Gasteiger partial charge >= 0.3 is 0 Å². The van der Waals surface area contributed by atoms with Crippen LogP contribution in [0.5, 0.6) is 0 Å². The Morgan fingerprint density at radius 3 is 2.33 bits per heavy atom. The van der Waals surface area contributed by atoms with Crippen molar-refractivity contribution in [3.8, 4) is 11.3 Å². The second-order valence-electron chi connectivity index (χ2n) is 5.13. The molecule has 0 saturated carbocycles. The molecule has 0 saturated heterocycles. The van der Waals surface area contributed by atoms with Gasteiger partial charge in [0, 0.05) is 11.6 Å². The molecule has 0 aliphatic carbocycles. The van der Waals surface area contributed by atoms with Crippen LogP contribution in [0.2, 0.25) is 0 Å². The van der Waals surface area contributed by atoms with Crippen molar-refractivity contribution in [3.63, 3.8) is 0 Å². The predicted molar refractivity (Wildman–Crippen MR) is 85.4 cm³/mol. The number of rotatable bonds is 3. The van der Waals surface area contributed by atoms with E-state index in [9.17, 15) is 0 Å². The van der Waals surface area contributed by atoms with Gasteiger partial charge in [0.25, 0.3) is 5.69 Å². The van der Waals surface area contributed by atoms with Gasteiger partial charge in [0.1, 0.15) is 0 Å². The molecule has 104 valence electrons. The zero-order valence-corrected chi connectivity index (χ0v) is 12.3. The van der Waals surface area contributed by atoms with Crippen LogP contribution in [0.1, 0.15) is 16.8 Å². The minimum Gasteiger partial charge on any atom is -0.236 e. The highest BCUT2D eigenvalue weighted by Crippen LogP contribution is 2.20. The molecule has 3 rings (SSSR count). The fourth-order valence-electron chi connectivity index (χ4n) is 2.20. The Balaban J connectivity index is 1.88. The highest BCUT2D eigenvalue weighted by Gasteiger charge is 2.14. The molecule has 0 unspecified atom stereocenters. The second-order valence-corrected chi connectivity index (χ2v) is 5.13. The fourth-order valence-corrected chi connectivity index (χ4v) is 2.20. The number of aryl methyl sites for hydroxylation is 2. The summed E-state index contributed by atoms with van der Waals surface area (Å²) < 4.78 is 7.58. The number of hydrogen-bond donors (Lipinski definition) is 0. The predicted octanol–water partition coefficient (Wildman–Crippen LogP) is 4.25. The quantitative estimate of drug-likeness (QED) is 0.654. The molecule has 2 heteroatoms. The Bertz CT molecular complexity index is 752. The molecule has 0 bridgehead atoms. The van der Waals surface area contributed by atoms with Crippen LogP contribution >= 0.6 is 0 Å². The average molecular weight is 276 g/mol. The summed E-state index contributed by atoms with van der Waals surface area (Å²) in [5.41, 5.74) is 4.56. The van der Waals surface area contributed by atoms with Gasteiger partial charge in [-0.3, -0.25) is 0 Å². The molecule has 21 heavy (non-hydrogen) atoms. The van der Waals surface area contributed by atoms with E-state index in [1.165, 1.54) is 11.1 Å². The summed E-state index contributed by atoms with van der Waals surface area (Å²) in [6.45, 7) is 2.08. The van der Waals surface area contributed by atoms with E-state index in [-0.39, 0.29) is 0 Å². The Morgan fingerprint density at radius 2 is 1.62 bits per heavy atom. The topological polar surface area (TPSA) is 17.0 Å². The van der Waals surface area contributed by atoms with Gasteiger partial charge in [-0.25, -0.2) is 4.52 Å². The van der Waals surface area contributed by atoms with Gasteiger partial charge in [-0.15, -0.1) is 0 Å². The maximum absolute atomic E-state index is 5.79. The highest BCUT2D eigenvalue weighted by atomic mass is 16.5. The van der Waals surface area contributed by atoms with Crippen LogP contribution in [0.15, 0.2) is 65.2 Å². The van der Waals surface area contributed by atoms with E-state index in [2.05, 4.69) is 61.5 Å². The summed E-state index contributed by atoms with van der Waals surface area (Å²) >= 11 is 0. The first-order valence-electron chi connectivity index (χ1n) is 7.03. The molecule has 0 radical (unpaired) electrons. The molecule has 2 aromatic carbocycles. The van der Waals surface area contributed by atoms with Gasteiger partial charge in [0.05, 0.1) is 6.07 Å². The Hall–Kier alpha value is -2.61. The lowest BCUT2D eigenvalue weighted by Crippen LogP contribution is -2.27. The van der Waals surface area contributed by atoms with Gasteiger partial charge in [0.2, 0.25) is 5.76 Å². The molecule has 1 heterocycles. The van der Waals surface area contributed by atoms with Crippen LogP contribution < -0.4 is 4.74 Å². The summed E-state index contributed by atoms with van der Waals surface area (Å²) in [4.78, 5) is 0. The first-order chi connectivity index (χ1) is 10.2. The molecule has 0 N–H and O–H groups in total. The Kier molecular flexibility index (Phi) is 3.69. The molecule has 2 nitrogen and oxygen atoms in total. The van der Waals surface area contributed by atoms with Crippen molar-refractivity contribution in [1.29, 1.82) is 0 Å². The molecule has 0 aliphatic heterocycles. The first-order valence-corrected chi connectivity index (χ1v) is 7.03. The molecule has 0 spiro atoms. The van der Waals surface area contributed by atoms with Crippen molar-refractivity contribution < 1.29 is 9.26 Å². The van der Waals surface area contributed by atoms with Gasteiger partial charge in [-0.1, -0.05) is 60.2 Å². The summed E-state index contributed by atoms with van der Waals surface area (Å²) in [7, 11) is 1.92. The van der Waals surface area contributed by atoms with Crippen LogP contribution in [0.4, 0.5) is 0 Å². The number of benzene rings is 2. The molecule has 0 atom stereocenters. The fraction of sp³-hybridized carbons (Fsp3) is 0.105. The molecular weight excluding hydrogens is 258 g/mol. The zero-order valence-electron chi connectivity index (χ0n) is 12.3. The van der Waals surface area contributed by atoms with Crippen LogP contribution in [-0.2, 0) is 7.05 Å².